The summed E-state index contributed by atoms with van der Waals surface area (Å²) in [4.78, 5) is 12.5. The Kier molecular flexibility index (Phi) is 3.75. The first-order valence-corrected chi connectivity index (χ1v) is 9.48. The SMILES string of the molecule is O=C(CC12CC3CC(CC(C3)C1)C2)NCC1(CO)CCCC1. The van der Waals surface area contributed by atoms with E-state index in [1.807, 2.05) is 0 Å². The molecular weight excluding hydrogens is 274 g/mol. The van der Waals surface area contributed by atoms with E-state index >= 15 is 0 Å². The summed E-state index contributed by atoms with van der Waals surface area (Å²) in [5, 5.41) is 12.9. The Hall–Kier alpha value is -0.570. The van der Waals surface area contributed by atoms with E-state index in [9.17, 15) is 9.90 Å². The molecule has 3 nitrogen and oxygen atoms in total. The number of hydrogen-bond acceptors (Lipinski definition) is 2. The lowest BCUT2D eigenvalue weighted by atomic mass is 9.49. The van der Waals surface area contributed by atoms with Crippen molar-refractivity contribution in [3.63, 3.8) is 0 Å². The zero-order valence-corrected chi connectivity index (χ0v) is 13.8. The number of hydrogen-bond donors (Lipinski definition) is 2. The molecule has 0 aromatic rings. The molecule has 0 unspecified atom stereocenters. The molecular formula is C19H31NO2. The second kappa shape index (κ2) is 5.51. The Morgan fingerprint density at radius 1 is 1.00 bits per heavy atom. The molecule has 0 radical (unpaired) electrons. The lowest BCUT2D eigenvalue weighted by Gasteiger charge is -2.56. The van der Waals surface area contributed by atoms with Gasteiger partial charge in [0.25, 0.3) is 0 Å². The van der Waals surface area contributed by atoms with Gasteiger partial charge in [0, 0.05) is 18.4 Å². The standard InChI is InChI=1S/C19H31NO2/c21-13-18(3-1-2-4-18)12-20-17(22)11-19-8-14-5-15(9-19)7-16(6-14)10-19/h14-16,21H,1-13H2,(H,20,22). The fourth-order valence-corrected chi connectivity index (χ4v) is 6.71. The van der Waals surface area contributed by atoms with Crippen molar-refractivity contribution in [3.05, 3.63) is 0 Å². The fourth-order valence-electron chi connectivity index (χ4n) is 6.71. The average Bonchev–Trinajstić information content (AvgIpc) is 2.93. The van der Waals surface area contributed by atoms with E-state index in [1.165, 1.54) is 51.4 Å². The minimum Gasteiger partial charge on any atom is -0.396 e. The maximum atomic E-state index is 12.5. The lowest BCUT2D eigenvalue weighted by Crippen LogP contribution is -2.48. The molecule has 124 valence electrons. The van der Waals surface area contributed by atoms with Crippen LogP contribution in [-0.4, -0.2) is 24.2 Å². The Morgan fingerprint density at radius 3 is 2.05 bits per heavy atom. The Balaban J connectivity index is 1.34. The van der Waals surface area contributed by atoms with Gasteiger partial charge in [-0.25, -0.2) is 0 Å². The molecule has 0 aliphatic heterocycles. The molecule has 1 amide bonds. The summed E-state index contributed by atoms with van der Waals surface area (Å²) < 4.78 is 0. The van der Waals surface area contributed by atoms with E-state index in [-0.39, 0.29) is 17.9 Å². The van der Waals surface area contributed by atoms with E-state index < -0.39 is 0 Å². The van der Waals surface area contributed by atoms with Crippen LogP contribution in [0.25, 0.3) is 0 Å². The predicted octanol–water partition coefficient (Wildman–Crippen LogP) is 3.26. The third-order valence-electron chi connectivity index (χ3n) is 7.36. The van der Waals surface area contributed by atoms with Crippen LogP contribution in [0.15, 0.2) is 0 Å². The van der Waals surface area contributed by atoms with Gasteiger partial charge in [-0.2, -0.15) is 0 Å². The molecule has 0 saturated heterocycles. The second-order valence-electron chi connectivity index (χ2n) is 9.24. The van der Waals surface area contributed by atoms with Crippen molar-refractivity contribution in [1.82, 2.24) is 5.32 Å². The van der Waals surface area contributed by atoms with Crippen molar-refractivity contribution in [3.8, 4) is 0 Å². The Bertz CT molecular complexity index is 403. The van der Waals surface area contributed by atoms with Crippen molar-refractivity contribution < 1.29 is 9.90 Å². The number of aliphatic hydroxyl groups excluding tert-OH is 1. The summed E-state index contributed by atoms with van der Waals surface area (Å²) in [5.41, 5.74) is 0.317. The Labute approximate surface area is 134 Å². The van der Waals surface area contributed by atoms with Crippen molar-refractivity contribution in [2.75, 3.05) is 13.2 Å². The molecule has 4 bridgehead atoms. The number of aliphatic hydroxyl groups is 1. The predicted molar refractivity (Wildman–Crippen MR) is 86.2 cm³/mol. The first-order chi connectivity index (χ1) is 10.6. The first-order valence-electron chi connectivity index (χ1n) is 9.48. The van der Waals surface area contributed by atoms with E-state index in [2.05, 4.69) is 5.32 Å². The van der Waals surface area contributed by atoms with Gasteiger partial charge in [0.15, 0.2) is 0 Å². The summed E-state index contributed by atoms with van der Waals surface area (Å²) in [6.07, 6.45) is 13.5. The molecule has 5 fully saturated rings. The van der Waals surface area contributed by atoms with E-state index in [1.54, 1.807) is 0 Å². The van der Waals surface area contributed by atoms with Gasteiger partial charge in [0.2, 0.25) is 5.91 Å². The topological polar surface area (TPSA) is 49.3 Å². The summed E-state index contributed by atoms with van der Waals surface area (Å²) in [6.45, 7) is 0.916. The quantitative estimate of drug-likeness (QED) is 0.819. The van der Waals surface area contributed by atoms with E-state index in [4.69, 9.17) is 0 Å². The number of nitrogens with one attached hydrogen (secondary N) is 1. The van der Waals surface area contributed by atoms with Crippen molar-refractivity contribution in [2.24, 2.45) is 28.6 Å². The molecule has 0 atom stereocenters. The van der Waals surface area contributed by atoms with E-state index in [0.29, 0.717) is 12.0 Å². The summed E-state index contributed by atoms with van der Waals surface area (Å²) >= 11 is 0. The fraction of sp³-hybridized carbons (Fsp3) is 0.947. The highest BCUT2D eigenvalue weighted by Gasteiger charge is 2.51. The van der Waals surface area contributed by atoms with Crippen molar-refractivity contribution in [2.45, 2.75) is 70.6 Å². The molecule has 0 spiro atoms. The van der Waals surface area contributed by atoms with Gasteiger partial charge in [-0.1, -0.05) is 12.8 Å². The summed E-state index contributed by atoms with van der Waals surface area (Å²) in [6, 6.07) is 0. The largest absolute Gasteiger partial charge is 0.396 e. The minimum absolute atomic E-state index is 0.0167. The molecule has 0 aromatic heterocycles. The molecule has 0 aromatic carbocycles. The molecule has 5 aliphatic carbocycles. The molecule has 22 heavy (non-hydrogen) atoms. The van der Waals surface area contributed by atoms with Crippen LogP contribution in [0.1, 0.15) is 70.6 Å². The number of carbonyl (C=O) groups is 1. The minimum atomic E-state index is -0.0167. The second-order valence-corrected chi connectivity index (χ2v) is 9.24. The first kappa shape index (κ1) is 15.0. The normalized spacial score (nSPS) is 41.8. The van der Waals surface area contributed by atoms with Gasteiger partial charge in [0.1, 0.15) is 0 Å². The number of amides is 1. The van der Waals surface area contributed by atoms with Crippen LogP contribution in [0.5, 0.6) is 0 Å². The third-order valence-corrected chi connectivity index (χ3v) is 7.36. The molecule has 5 saturated carbocycles. The van der Waals surface area contributed by atoms with Gasteiger partial charge in [-0.15, -0.1) is 0 Å². The van der Waals surface area contributed by atoms with E-state index in [0.717, 1.165) is 37.0 Å². The highest BCUT2D eigenvalue weighted by molar-refractivity contribution is 5.76. The number of rotatable bonds is 5. The number of carbonyl (C=O) groups excluding carboxylic acids is 1. The Morgan fingerprint density at radius 2 is 1.55 bits per heavy atom. The average molecular weight is 305 g/mol. The summed E-state index contributed by atoms with van der Waals surface area (Å²) in [5.74, 6) is 3.00. The van der Waals surface area contributed by atoms with Crippen LogP contribution in [0.3, 0.4) is 0 Å². The van der Waals surface area contributed by atoms with Crippen LogP contribution in [0.4, 0.5) is 0 Å². The van der Waals surface area contributed by atoms with Gasteiger partial charge in [-0.3, -0.25) is 4.79 Å². The smallest absolute Gasteiger partial charge is 0.220 e. The molecule has 2 N–H and O–H groups in total. The molecule has 5 aliphatic rings. The zero-order chi connectivity index (χ0) is 15.2. The molecule has 5 rings (SSSR count). The van der Waals surface area contributed by atoms with Crippen molar-refractivity contribution >= 4 is 5.91 Å². The maximum Gasteiger partial charge on any atom is 0.220 e. The lowest BCUT2D eigenvalue weighted by molar-refractivity contribution is -0.130. The maximum absolute atomic E-state index is 12.5. The molecule has 3 heteroatoms. The zero-order valence-electron chi connectivity index (χ0n) is 13.8. The highest BCUT2D eigenvalue weighted by atomic mass is 16.3. The summed E-state index contributed by atoms with van der Waals surface area (Å²) in [7, 11) is 0. The van der Waals surface area contributed by atoms with Gasteiger partial charge >= 0.3 is 0 Å². The van der Waals surface area contributed by atoms with Gasteiger partial charge < -0.3 is 10.4 Å². The van der Waals surface area contributed by atoms with Crippen molar-refractivity contribution in [1.29, 1.82) is 0 Å². The van der Waals surface area contributed by atoms with Crippen LogP contribution in [0, 0.1) is 28.6 Å². The van der Waals surface area contributed by atoms with Crippen LogP contribution >= 0.6 is 0 Å². The molecule has 0 heterocycles. The van der Waals surface area contributed by atoms with Gasteiger partial charge in [-0.05, 0) is 74.5 Å². The van der Waals surface area contributed by atoms with Gasteiger partial charge in [0.05, 0.1) is 6.61 Å². The monoisotopic (exact) mass is 305 g/mol. The van der Waals surface area contributed by atoms with Crippen LogP contribution in [0.2, 0.25) is 0 Å². The van der Waals surface area contributed by atoms with Crippen LogP contribution < -0.4 is 5.32 Å². The van der Waals surface area contributed by atoms with Crippen LogP contribution in [-0.2, 0) is 4.79 Å². The highest BCUT2D eigenvalue weighted by Crippen LogP contribution is 2.61. The third kappa shape index (κ3) is 2.70.